The number of aliphatic hydroxyl groups is 1. The molecule has 2 rings (SSSR count). The van der Waals surface area contributed by atoms with Gasteiger partial charge in [-0.2, -0.15) is 0 Å². The number of hydrogen-bond donors (Lipinski definition) is 1. The van der Waals surface area contributed by atoms with Gasteiger partial charge in [0, 0.05) is 11.1 Å². The van der Waals surface area contributed by atoms with Crippen LogP contribution in [-0.4, -0.2) is 16.0 Å². The van der Waals surface area contributed by atoms with Gasteiger partial charge in [0.1, 0.15) is 0 Å². The first-order chi connectivity index (χ1) is 9.40. The summed E-state index contributed by atoms with van der Waals surface area (Å²) in [7, 11) is 0. The van der Waals surface area contributed by atoms with Crippen LogP contribution in [0.4, 0.5) is 0 Å². The summed E-state index contributed by atoms with van der Waals surface area (Å²) in [6.07, 6.45) is 2.90. The fourth-order valence-electron chi connectivity index (χ4n) is 2.65. The van der Waals surface area contributed by atoms with Gasteiger partial charge in [-0.25, -0.2) is 0 Å². The molecule has 0 bridgehead atoms. The van der Waals surface area contributed by atoms with Crippen LogP contribution in [-0.2, 0) is 11.8 Å². The van der Waals surface area contributed by atoms with E-state index in [1.807, 2.05) is 36.5 Å². The van der Waals surface area contributed by atoms with E-state index in [2.05, 4.69) is 25.6 Å². The molecule has 0 saturated heterocycles. The number of rotatable bonds is 4. The van der Waals surface area contributed by atoms with Crippen molar-refractivity contribution >= 4 is 34.4 Å². The molecule has 20 heavy (non-hydrogen) atoms. The fourth-order valence-corrected chi connectivity index (χ4v) is 8.31. The molecule has 1 fully saturated rings. The zero-order chi connectivity index (χ0) is 14.8. The van der Waals surface area contributed by atoms with Crippen LogP contribution in [0.3, 0.4) is 0 Å². The summed E-state index contributed by atoms with van der Waals surface area (Å²) in [5, 5.41) is 12.1. The summed E-state index contributed by atoms with van der Waals surface area (Å²) >= 11 is 7.55. The third-order valence-electron chi connectivity index (χ3n) is 4.15. The molecular formula is C16H23OPS2. The molecule has 1 aliphatic rings. The Morgan fingerprint density at radius 2 is 2.10 bits per heavy atom. The summed E-state index contributed by atoms with van der Waals surface area (Å²) in [5.74, 6) is -0.539. The van der Waals surface area contributed by atoms with Crippen LogP contribution < -0.4 is 5.30 Å². The van der Waals surface area contributed by atoms with Gasteiger partial charge >= 0.3 is 0 Å². The minimum absolute atomic E-state index is 0.226. The lowest BCUT2D eigenvalue weighted by atomic mass is 9.77. The zero-order valence-electron chi connectivity index (χ0n) is 12.1. The number of benzene rings is 1. The molecule has 0 amide bonds. The van der Waals surface area contributed by atoms with E-state index in [4.69, 9.17) is 11.8 Å². The lowest BCUT2D eigenvalue weighted by Crippen LogP contribution is -2.42. The van der Waals surface area contributed by atoms with Gasteiger partial charge in [-0.15, -0.1) is 11.4 Å². The van der Waals surface area contributed by atoms with Gasteiger partial charge < -0.3 is 5.11 Å². The predicted molar refractivity (Wildman–Crippen MR) is 95.9 cm³/mol. The highest BCUT2D eigenvalue weighted by Gasteiger charge is 2.39. The standard InChI is InChI=1S/C16H23OPS2/c1-12(2)13-9-10-16(3,17)15(11-13)20-18(19)14-7-5-4-6-8-14/h4-8,13,15,17-18H,1,9-11H2,2-3H3/t13-,15+,16+/m0/s1. The topological polar surface area (TPSA) is 20.2 Å². The van der Waals surface area contributed by atoms with Crippen molar-refractivity contribution in [2.45, 2.75) is 44.0 Å². The number of allylic oxidation sites excluding steroid dienone is 1. The normalized spacial score (nSPS) is 31.8. The zero-order valence-corrected chi connectivity index (χ0v) is 14.8. The van der Waals surface area contributed by atoms with Gasteiger partial charge in [0.2, 0.25) is 0 Å². The van der Waals surface area contributed by atoms with E-state index in [0.29, 0.717) is 5.92 Å². The lowest BCUT2D eigenvalue weighted by Gasteiger charge is -2.41. The maximum atomic E-state index is 10.6. The Bertz CT molecular complexity index is 498. The Hall–Kier alpha value is -0.0800. The molecule has 1 aromatic rings. The summed E-state index contributed by atoms with van der Waals surface area (Å²) in [6.45, 7) is 8.16. The second-order valence-corrected chi connectivity index (χ2v) is 11.8. The Morgan fingerprint density at radius 3 is 2.70 bits per heavy atom. The highest BCUT2D eigenvalue weighted by Crippen LogP contribution is 2.50. The van der Waals surface area contributed by atoms with Crippen LogP contribution in [0, 0.1) is 5.92 Å². The van der Waals surface area contributed by atoms with E-state index in [-0.39, 0.29) is 5.25 Å². The smallest absolute Gasteiger partial charge is 0.0741 e. The van der Waals surface area contributed by atoms with Gasteiger partial charge in [-0.3, -0.25) is 0 Å². The molecule has 1 aliphatic carbocycles. The lowest BCUT2D eigenvalue weighted by molar-refractivity contribution is 0.0198. The first-order valence-corrected chi connectivity index (χ1v) is 11.3. The molecule has 4 heteroatoms. The first kappa shape index (κ1) is 16.3. The van der Waals surface area contributed by atoms with Crippen molar-refractivity contribution in [2.24, 2.45) is 5.92 Å². The molecule has 1 nitrogen and oxygen atoms in total. The Labute approximate surface area is 132 Å². The van der Waals surface area contributed by atoms with Crippen molar-refractivity contribution in [2.75, 3.05) is 0 Å². The van der Waals surface area contributed by atoms with Gasteiger partial charge in [0.25, 0.3) is 0 Å². The quantitative estimate of drug-likeness (QED) is 0.663. The fraction of sp³-hybridized carbons (Fsp3) is 0.500. The van der Waals surface area contributed by atoms with Crippen LogP contribution in [0.25, 0.3) is 0 Å². The van der Waals surface area contributed by atoms with Crippen molar-refractivity contribution in [1.29, 1.82) is 0 Å². The van der Waals surface area contributed by atoms with E-state index >= 15 is 0 Å². The molecule has 110 valence electrons. The molecule has 0 aliphatic heterocycles. The molecule has 1 N–H and O–H groups in total. The molecule has 0 aromatic heterocycles. The van der Waals surface area contributed by atoms with Crippen LogP contribution in [0.5, 0.6) is 0 Å². The Morgan fingerprint density at radius 1 is 1.45 bits per heavy atom. The summed E-state index contributed by atoms with van der Waals surface area (Å²) in [4.78, 5) is 0. The van der Waals surface area contributed by atoms with Crippen LogP contribution in [0.15, 0.2) is 42.5 Å². The SMILES string of the molecule is C=C(C)[C@H]1CC[C@@](C)(O)[C@H](S[PH](=S)c2ccccc2)C1. The van der Waals surface area contributed by atoms with Gasteiger partial charge in [-0.1, -0.05) is 54.3 Å². The maximum Gasteiger partial charge on any atom is 0.0741 e. The average Bonchev–Trinajstić information content (AvgIpc) is 2.41. The van der Waals surface area contributed by atoms with E-state index in [1.54, 1.807) is 0 Å². The van der Waals surface area contributed by atoms with Crippen LogP contribution in [0.2, 0.25) is 0 Å². The molecule has 1 aromatic carbocycles. The average molecular weight is 326 g/mol. The number of hydrogen-bond acceptors (Lipinski definition) is 3. The first-order valence-electron chi connectivity index (χ1n) is 7.04. The van der Waals surface area contributed by atoms with E-state index < -0.39 is 11.5 Å². The van der Waals surface area contributed by atoms with E-state index in [0.717, 1.165) is 19.3 Å². The van der Waals surface area contributed by atoms with Crippen molar-refractivity contribution < 1.29 is 5.11 Å². The molecule has 1 saturated carbocycles. The second-order valence-electron chi connectivity index (χ2n) is 5.93. The van der Waals surface area contributed by atoms with E-state index in [9.17, 15) is 5.11 Å². The third kappa shape index (κ3) is 3.98. The Kier molecular flexibility index (Phi) is 5.53. The van der Waals surface area contributed by atoms with Gasteiger partial charge in [-0.05, 0) is 44.3 Å². The Balaban J connectivity index is 2.09. The van der Waals surface area contributed by atoms with Crippen LogP contribution in [0.1, 0.15) is 33.1 Å². The van der Waals surface area contributed by atoms with Crippen molar-refractivity contribution in [1.82, 2.24) is 0 Å². The van der Waals surface area contributed by atoms with Gasteiger partial charge in [0.15, 0.2) is 0 Å². The minimum atomic E-state index is -1.07. The molecule has 0 heterocycles. The highest BCUT2D eigenvalue weighted by atomic mass is 32.9. The molecular weight excluding hydrogens is 303 g/mol. The van der Waals surface area contributed by atoms with Crippen molar-refractivity contribution in [3.63, 3.8) is 0 Å². The largest absolute Gasteiger partial charge is 0.389 e. The molecule has 4 atom stereocenters. The highest BCUT2D eigenvalue weighted by molar-refractivity contribution is 8.66. The van der Waals surface area contributed by atoms with Crippen molar-refractivity contribution in [3.05, 3.63) is 42.5 Å². The van der Waals surface area contributed by atoms with E-state index in [1.165, 1.54) is 10.9 Å². The van der Waals surface area contributed by atoms with Gasteiger partial charge in [0.05, 0.1) is 5.60 Å². The van der Waals surface area contributed by atoms with Crippen LogP contribution >= 0.6 is 17.3 Å². The monoisotopic (exact) mass is 326 g/mol. The van der Waals surface area contributed by atoms with Crippen molar-refractivity contribution in [3.8, 4) is 0 Å². The minimum Gasteiger partial charge on any atom is -0.389 e. The third-order valence-corrected chi connectivity index (χ3v) is 9.93. The maximum absolute atomic E-state index is 10.6. The molecule has 0 radical (unpaired) electrons. The summed E-state index contributed by atoms with van der Waals surface area (Å²) in [6, 6.07) is 10.3. The molecule has 0 spiro atoms. The molecule has 1 unspecified atom stereocenters. The second kappa shape index (κ2) is 6.79. The predicted octanol–water partition coefficient (Wildman–Crippen LogP) is 4.13. The summed E-state index contributed by atoms with van der Waals surface area (Å²) in [5.41, 5.74) is 0.643. The summed E-state index contributed by atoms with van der Waals surface area (Å²) < 4.78 is 0.